The van der Waals surface area contributed by atoms with Crippen molar-refractivity contribution in [1.29, 1.82) is 0 Å². The van der Waals surface area contributed by atoms with Gasteiger partial charge in [-0.1, -0.05) is 24.6 Å². The first kappa shape index (κ1) is 26.9. The van der Waals surface area contributed by atoms with Crippen LogP contribution in [0.1, 0.15) is 83.2 Å². The minimum Gasteiger partial charge on any atom is -0.393 e. The molecule has 2 N–H and O–H groups in total. The van der Waals surface area contributed by atoms with Crippen molar-refractivity contribution in [3.8, 4) is 11.1 Å². The molecule has 3 aromatic rings. The lowest BCUT2D eigenvalue weighted by molar-refractivity contribution is 0.109. The average Bonchev–Trinajstić information content (AvgIpc) is 3.31. The topological polar surface area (TPSA) is 77.4 Å². The minimum absolute atomic E-state index is 0.0877. The molecule has 40 heavy (non-hydrogen) atoms. The summed E-state index contributed by atoms with van der Waals surface area (Å²) in [6.07, 6.45) is 20.8. The summed E-state index contributed by atoms with van der Waals surface area (Å²) in [5.74, 6) is 0.699. The molecule has 2 aliphatic carbocycles. The number of piperidine rings is 1. The van der Waals surface area contributed by atoms with E-state index in [-0.39, 0.29) is 6.10 Å². The third-order valence-corrected chi connectivity index (χ3v) is 9.22. The van der Waals surface area contributed by atoms with Gasteiger partial charge >= 0.3 is 0 Å². The van der Waals surface area contributed by atoms with Crippen molar-refractivity contribution in [2.45, 2.75) is 90.2 Å². The lowest BCUT2D eigenvalue weighted by Crippen LogP contribution is -2.29. The highest BCUT2D eigenvalue weighted by Gasteiger charge is 2.21. The van der Waals surface area contributed by atoms with E-state index in [1.807, 2.05) is 12.4 Å². The number of benzene rings is 1. The van der Waals surface area contributed by atoms with E-state index >= 15 is 0 Å². The third kappa shape index (κ3) is 6.22. The second-order valence-corrected chi connectivity index (χ2v) is 11.9. The fraction of sp³-hybridized carbons (Fsp3) is 0.500. The standard InChI is InChI=1S/C34H43N5O/c1-2-25-8-11-29(12-9-26(25)18-24-6-13-31(40)14-7-24)36-23-34-32-20-27(10-15-33(32)37-38-34)28-19-30(22-35-21-28)39-16-4-3-5-17-39/h9-10,12,15,19-22,24,31,40H,2-8,11,13-14,16-18,23H2,1H3,(H,37,38). The normalized spacial score (nSPS) is 23.2. The van der Waals surface area contributed by atoms with Crippen LogP contribution in [0.15, 0.2) is 64.9 Å². The predicted octanol–water partition coefficient (Wildman–Crippen LogP) is 7.55. The maximum absolute atomic E-state index is 9.89. The molecule has 210 valence electrons. The third-order valence-electron chi connectivity index (χ3n) is 9.22. The van der Waals surface area contributed by atoms with Gasteiger partial charge < -0.3 is 10.0 Å². The van der Waals surface area contributed by atoms with Crippen LogP contribution in [0.3, 0.4) is 0 Å². The fourth-order valence-corrected chi connectivity index (χ4v) is 6.70. The van der Waals surface area contributed by atoms with Crippen LogP contribution in [-0.2, 0) is 6.54 Å². The number of pyridine rings is 1. The van der Waals surface area contributed by atoms with E-state index in [1.165, 1.54) is 36.1 Å². The predicted molar refractivity (Wildman–Crippen MR) is 165 cm³/mol. The van der Waals surface area contributed by atoms with E-state index in [0.717, 1.165) is 92.3 Å². The summed E-state index contributed by atoms with van der Waals surface area (Å²) in [5.41, 5.74) is 9.82. The highest BCUT2D eigenvalue weighted by molar-refractivity contribution is 5.96. The largest absolute Gasteiger partial charge is 0.393 e. The fourth-order valence-electron chi connectivity index (χ4n) is 6.70. The van der Waals surface area contributed by atoms with E-state index in [1.54, 1.807) is 5.57 Å². The van der Waals surface area contributed by atoms with Crippen molar-refractivity contribution in [2.75, 3.05) is 18.0 Å². The Labute approximate surface area is 238 Å². The average molecular weight is 538 g/mol. The Morgan fingerprint density at radius 3 is 2.65 bits per heavy atom. The van der Waals surface area contributed by atoms with Crippen LogP contribution in [-0.4, -0.2) is 45.2 Å². The van der Waals surface area contributed by atoms with Gasteiger partial charge in [0, 0.05) is 35.9 Å². The molecule has 0 bridgehead atoms. The summed E-state index contributed by atoms with van der Waals surface area (Å²) in [5, 5.41) is 18.9. The Hall–Kier alpha value is -3.25. The number of nitrogens with one attached hydrogen (secondary N) is 1. The number of nitrogens with zero attached hydrogens (tertiary/aromatic N) is 4. The molecule has 6 rings (SSSR count). The van der Waals surface area contributed by atoms with E-state index in [9.17, 15) is 5.11 Å². The number of fused-ring (bicyclic) bond motifs is 1. The van der Waals surface area contributed by atoms with Gasteiger partial charge in [0.15, 0.2) is 0 Å². The van der Waals surface area contributed by atoms with Crippen LogP contribution in [0.2, 0.25) is 0 Å². The van der Waals surface area contributed by atoms with Crippen molar-refractivity contribution >= 4 is 22.3 Å². The molecule has 1 saturated carbocycles. The number of aliphatic hydroxyl groups is 1. The van der Waals surface area contributed by atoms with Crippen molar-refractivity contribution in [3.63, 3.8) is 0 Å². The maximum Gasteiger partial charge on any atom is 0.0924 e. The SMILES string of the molecule is CCC1=C(CC2CCC(O)CC2)C=CC(=NCc2[nH]nc3ccc(-c4cncc(N5CCCCC5)c4)cc23)CC1. The number of hydrogen-bond donors (Lipinski definition) is 2. The lowest BCUT2D eigenvalue weighted by Gasteiger charge is -2.28. The van der Waals surface area contributed by atoms with Gasteiger partial charge in [-0.25, -0.2) is 0 Å². The Kier molecular flexibility index (Phi) is 8.43. The van der Waals surface area contributed by atoms with Gasteiger partial charge in [-0.2, -0.15) is 5.10 Å². The van der Waals surface area contributed by atoms with E-state index < -0.39 is 0 Å². The second kappa shape index (κ2) is 12.5. The molecule has 6 heteroatoms. The molecule has 0 unspecified atom stereocenters. The molecule has 1 saturated heterocycles. The van der Waals surface area contributed by atoms with Crippen molar-refractivity contribution in [3.05, 3.63) is 65.7 Å². The van der Waals surface area contributed by atoms with Crippen LogP contribution >= 0.6 is 0 Å². The van der Waals surface area contributed by atoms with E-state index in [0.29, 0.717) is 12.5 Å². The minimum atomic E-state index is -0.0877. The first-order chi connectivity index (χ1) is 19.7. The number of allylic oxidation sites excluding steroid dienone is 4. The molecule has 0 amide bonds. The smallest absolute Gasteiger partial charge is 0.0924 e. The van der Waals surface area contributed by atoms with Gasteiger partial charge in [-0.15, -0.1) is 0 Å². The highest BCUT2D eigenvalue weighted by atomic mass is 16.3. The number of aliphatic hydroxyl groups excluding tert-OH is 1. The molecule has 6 nitrogen and oxygen atoms in total. The Morgan fingerprint density at radius 1 is 0.975 bits per heavy atom. The van der Waals surface area contributed by atoms with E-state index in [4.69, 9.17) is 4.99 Å². The maximum atomic E-state index is 9.89. The number of H-pyrrole nitrogens is 1. The molecule has 3 heterocycles. The van der Waals surface area contributed by atoms with Crippen molar-refractivity contribution < 1.29 is 5.11 Å². The summed E-state index contributed by atoms with van der Waals surface area (Å²) in [4.78, 5) is 12.1. The zero-order valence-electron chi connectivity index (χ0n) is 23.9. The summed E-state index contributed by atoms with van der Waals surface area (Å²) in [6, 6.07) is 8.77. The first-order valence-corrected chi connectivity index (χ1v) is 15.4. The summed E-state index contributed by atoms with van der Waals surface area (Å²) >= 11 is 0. The molecular formula is C34H43N5O. The Balaban J connectivity index is 1.17. The molecule has 3 aliphatic rings. The van der Waals surface area contributed by atoms with Gasteiger partial charge in [-0.3, -0.25) is 15.1 Å². The summed E-state index contributed by atoms with van der Waals surface area (Å²) < 4.78 is 0. The monoisotopic (exact) mass is 537 g/mol. The Morgan fingerprint density at radius 2 is 1.82 bits per heavy atom. The lowest BCUT2D eigenvalue weighted by atomic mass is 9.82. The van der Waals surface area contributed by atoms with Gasteiger partial charge in [0.05, 0.1) is 35.7 Å². The molecule has 0 radical (unpaired) electrons. The van der Waals surface area contributed by atoms with Gasteiger partial charge in [0.2, 0.25) is 0 Å². The summed E-state index contributed by atoms with van der Waals surface area (Å²) in [6.45, 7) is 5.11. The van der Waals surface area contributed by atoms with Crippen molar-refractivity contribution in [1.82, 2.24) is 15.2 Å². The second-order valence-electron chi connectivity index (χ2n) is 11.9. The quantitative estimate of drug-likeness (QED) is 0.326. The van der Waals surface area contributed by atoms with E-state index in [2.05, 4.69) is 63.4 Å². The van der Waals surface area contributed by atoms with Crippen molar-refractivity contribution in [2.24, 2.45) is 10.9 Å². The number of aromatic amines is 1. The first-order valence-electron chi connectivity index (χ1n) is 15.4. The molecule has 1 aliphatic heterocycles. The number of aromatic nitrogens is 3. The molecular weight excluding hydrogens is 494 g/mol. The van der Waals surface area contributed by atoms with Crippen LogP contribution in [0.25, 0.3) is 22.0 Å². The number of anilines is 1. The Bertz CT molecular complexity index is 1400. The highest BCUT2D eigenvalue weighted by Crippen LogP contribution is 2.33. The van der Waals surface area contributed by atoms with Gasteiger partial charge in [0.25, 0.3) is 0 Å². The molecule has 0 atom stereocenters. The molecule has 2 aromatic heterocycles. The van der Waals surface area contributed by atoms with Crippen LogP contribution in [0, 0.1) is 5.92 Å². The van der Waals surface area contributed by atoms with Gasteiger partial charge in [-0.05, 0) is 112 Å². The number of aliphatic imine (C=N–C) groups is 1. The zero-order valence-corrected chi connectivity index (χ0v) is 23.9. The van der Waals surface area contributed by atoms with Crippen LogP contribution in [0.4, 0.5) is 5.69 Å². The van der Waals surface area contributed by atoms with Crippen LogP contribution in [0.5, 0.6) is 0 Å². The number of rotatable bonds is 7. The van der Waals surface area contributed by atoms with Gasteiger partial charge in [0.1, 0.15) is 0 Å². The summed E-state index contributed by atoms with van der Waals surface area (Å²) in [7, 11) is 0. The molecule has 1 aromatic carbocycles. The molecule has 2 fully saturated rings. The molecule has 0 spiro atoms. The van der Waals surface area contributed by atoms with Crippen LogP contribution < -0.4 is 4.90 Å². The number of hydrogen-bond acceptors (Lipinski definition) is 5. The zero-order chi connectivity index (χ0) is 27.3.